The predicted octanol–water partition coefficient (Wildman–Crippen LogP) is 0.897. The zero-order valence-corrected chi connectivity index (χ0v) is 15.4. The highest BCUT2D eigenvalue weighted by Crippen LogP contribution is 2.39. The van der Waals surface area contributed by atoms with Crippen molar-refractivity contribution >= 4 is 5.91 Å². The molecular weight excluding hydrogens is 365 g/mol. The van der Waals surface area contributed by atoms with E-state index in [1.807, 2.05) is 0 Å². The molecule has 0 aromatic carbocycles. The van der Waals surface area contributed by atoms with Crippen molar-refractivity contribution in [1.82, 2.24) is 4.90 Å². The van der Waals surface area contributed by atoms with Gasteiger partial charge in [0.1, 0.15) is 6.61 Å². The van der Waals surface area contributed by atoms with Crippen molar-refractivity contribution < 1.29 is 32.9 Å². The molecule has 3 aliphatic rings. The van der Waals surface area contributed by atoms with Gasteiger partial charge in [-0.25, -0.2) is 0 Å². The molecule has 0 radical (unpaired) electrons. The van der Waals surface area contributed by atoms with Crippen molar-refractivity contribution in [2.75, 3.05) is 19.7 Å². The Morgan fingerprint density at radius 2 is 1.93 bits per heavy atom. The molecule has 4 N–H and O–H groups in total. The summed E-state index contributed by atoms with van der Waals surface area (Å²) in [7, 11) is 0. The van der Waals surface area contributed by atoms with Gasteiger partial charge in [0, 0.05) is 31.5 Å². The molecule has 3 fully saturated rings. The summed E-state index contributed by atoms with van der Waals surface area (Å²) in [6.45, 7) is 1.03. The van der Waals surface area contributed by atoms with Crippen LogP contribution in [0.3, 0.4) is 0 Å². The standard InChI is InChI=1S/C18H29F3N2O4/c1-9-13(24)5-14(25)15(16(9)27-8-18(19,20)21)17(26)23-6-10-3-2-4-12(22)11(10)7-23/h9-16,24-25H,2-8,22H2,1H3. The molecule has 0 bridgehead atoms. The van der Waals surface area contributed by atoms with Crippen molar-refractivity contribution in [3.63, 3.8) is 0 Å². The van der Waals surface area contributed by atoms with Gasteiger partial charge in [0.2, 0.25) is 5.91 Å². The number of halogens is 3. The second-order valence-electron chi connectivity index (χ2n) is 8.41. The minimum absolute atomic E-state index is 0.0239. The first-order valence-electron chi connectivity index (χ1n) is 9.67. The van der Waals surface area contributed by atoms with Crippen molar-refractivity contribution in [2.24, 2.45) is 29.4 Å². The second kappa shape index (κ2) is 7.85. The number of aliphatic hydroxyl groups excluding tert-OH is 2. The summed E-state index contributed by atoms with van der Waals surface area (Å²) < 4.78 is 43.0. The molecule has 156 valence electrons. The van der Waals surface area contributed by atoms with E-state index < -0.39 is 48.8 Å². The number of ether oxygens (including phenoxy) is 1. The van der Waals surface area contributed by atoms with E-state index in [0.717, 1.165) is 19.3 Å². The van der Waals surface area contributed by atoms with Crippen molar-refractivity contribution in [1.29, 1.82) is 0 Å². The number of carbonyl (C=O) groups excluding carboxylic acids is 1. The van der Waals surface area contributed by atoms with E-state index in [2.05, 4.69) is 0 Å². The van der Waals surface area contributed by atoms with Crippen molar-refractivity contribution in [3.05, 3.63) is 0 Å². The average molecular weight is 394 g/mol. The molecule has 0 spiro atoms. The normalized spacial score (nSPS) is 42.9. The highest BCUT2D eigenvalue weighted by molar-refractivity contribution is 5.80. The lowest BCUT2D eigenvalue weighted by Crippen LogP contribution is -2.56. The maximum absolute atomic E-state index is 13.1. The number of carbonyl (C=O) groups is 1. The van der Waals surface area contributed by atoms with Gasteiger partial charge >= 0.3 is 6.18 Å². The molecule has 6 nitrogen and oxygen atoms in total. The topological polar surface area (TPSA) is 96.0 Å². The number of alkyl halides is 3. The van der Waals surface area contributed by atoms with E-state index in [1.165, 1.54) is 0 Å². The number of nitrogens with two attached hydrogens (primary N) is 1. The zero-order chi connectivity index (χ0) is 19.9. The first-order valence-corrected chi connectivity index (χ1v) is 9.67. The van der Waals surface area contributed by atoms with Crippen LogP contribution >= 0.6 is 0 Å². The minimum Gasteiger partial charge on any atom is -0.393 e. The molecule has 8 unspecified atom stereocenters. The summed E-state index contributed by atoms with van der Waals surface area (Å²) >= 11 is 0. The largest absolute Gasteiger partial charge is 0.411 e. The number of amides is 1. The Balaban J connectivity index is 1.75. The number of hydrogen-bond acceptors (Lipinski definition) is 5. The van der Waals surface area contributed by atoms with E-state index in [-0.39, 0.29) is 18.4 Å². The zero-order valence-electron chi connectivity index (χ0n) is 15.4. The Morgan fingerprint density at radius 3 is 2.56 bits per heavy atom. The van der Waals surface area contributed by atoms with Crippen LogP contribution in [0.5, 0.6) is 0 Å². The molecule has 1 heterocycles. The maximum atomic E-state index is 13.1. The lowest BCUT2D eigenvalue weighted by molar-refractivity contribution is -0.217. The monoisotopic (exact) mass is 394 g/mol. The van der Waals surface area contributed by atoms with Gasteiger partial charge in [-0.05, 0) is 24.7 Å². The highest BCUT2D eigenvalue weighted by atomic mass is 19.4. The Labute approximate surface area is 156 Å². The quantitative estimate of drug-likeness (QED) is 0.661. The number of aliphatic hydroxyl groups is 2. The van der Waals surface area contributed by atoms with Gasteiger partial charge in [0.25, 0.3) is 0 Å². The average Bonchev–Trinajstić information content (AvgIpc) is 3.01. The van der Waals surface area contributed by atoms with Crippen LogP contribution in [-0.2, 0) is 9.53 Å². The van der Waals surface area contributed by atoms with Crippen LogP contribution < -0.4 is 5.73 Å². The summed E-state index contributed by atoms with van der Waals surface area (Å²) in [6.07, 6.45) is -5.13. The summed E-state index contributed by atoms with van der Waals surface area (Å²) in [5.74, 6) is -1.69. The molecule has 2 saturated carbocycles. The predicted molar refractivity (Wildman–Crippen MR) is 90.5 cm³/mol. The van der Waals surface area contributed by atoms with E-state index in [4.69, 9.17) is 10.5 Å². The second-order valence-corrected chi connectivity index (χ2v) is 8.41. The molecule has 27 heavy (non-hydrogen) atoms. The number of hydrogen-bond donors (Lipinski definition) is 3. The Hall–Kier alpha value is -0.900. The van der Waals surface area contributed by atoms with E-state index in [1.54, 1.807) is 11.8 Å². The van der Waals surface area contributed by atoms with E-state index >= 15 is 0 Å². The third-order valence-electron chi connectivity index (χ3n) is 6.57. The van der Waals surface area contributed by atoms with Crippen LogP contribution in [-0.4, -0.2) is 71.2 Å². The van der Waals surface area contributed by atoms with Gasteiger partial charge in [-0.2, -0.15) is 13.2 Å². The fourth-order valence-electron chi connectivity index (χ4n) is 5.03. The van der Waals surface area contributed by atoms with Gasteiger partial charge < -0.3 is 25.6 Å². The summed E-state index contributed by atoms with van der Waals surface area (Å²) in [4.78, 5) is 14.8. The van der Waals surface area contributed by atoms with Gasteiger partial charge in [-0.15, -0.1) is 0 Å². The van der Waals surface area contributed by atoms with Crippen molar-refractivity contribution in [3.8, 4) is 0 Å². The van der Waals surface area contributed by atoms with E-state index in [0.29, 0.717) is 19.0 Å². The molecule has 9 heteroatoms. The molecule has 0 aromatic heterocycles. The summed E-state index contributed by atoms with van der Waals surface area (Å²) in [6, 6.07) is 0.0239. The highest BCUT2D eigenvalue weighted by Gasteiger charge is 2.50. The molecule has 1 amide bonds. The van der Waals surface area contributed by atoms with Crippen molar-refractivity contribution in [2.45, 2.75) is 63.1 Å². The van der Waals surface area contributed by atoms with Crippen LogP contribution in [0.1, 0.15) is 32.6 Å². The van der Waals surface area contributed by atoms with Gasteiger partial charge in [0.05, 0.1) is 24.2 Å². The van der Waals surface area contributed by atoms with Gasteiger partial charge in [0.15, 0.2) is 0 Å². The van der Waals surface area contributed by atoms with E-state index in [9.17, 15) is 28.2 Å². The molecule has 1 aliphatic heterocycles. The van der Waals surface area contributed by atoms with Crippen LogP contribution in [0, 0.1) is 23.7 Å². The smallest absolute Gasteiger partial charge is 0.393 e. The van der Waals surface area contributed by atoms with Gasteiger partial charge in [-0.3, -0.25) is 4.79 Å². The van der Waals surface area contributed by atoms with Crippen LogP contribution in [0.2, 0.25) is 0 Å². The fraction of sp³-hybridized carbons (Fsp3) is 0.944. The molecule has 0 aromatic rings. The molecule has 1 saturated heterocycles. The Morgan fingerprint density at radius 1 is 1.22 bits per heavy atom. The van der Waals surface area contributed by atoms with Crippen LogP contribution in [0.15, 0.2) is 0 Å². The van der Waals surface area contributed by atoms with Crippen LogP contribution in [0.25, 0.3) is 0 Å². The first kappa shape index (κ1) is 20.8. The number of rotatable bonds is 3. The SMILES string of the molecule is CC1C(O)CC(O)C(C(=O)N2CC3CCCC(N)C3C2)C1OCC(F)(F)F. The maximum Gasteiger partial charge on any atom is 0.411 e. The summed E-state index contributed by atoms with van der Waals surface area (Å²) in [5.41, 5.74) is 6.18. The molecular formula is C18H29F3N2O4. The molecule has 3 rings (SSSR count). The Bertz CT molecular complexity index is 547. The number of fused-ring (bicyclic) bond motifs is 1. The van der Waals surface area contributed by atoms with Gasteiger partial charge in [-0.1, -0.05) is 13.3 Å². The lowest BCUT2D eigenvalue weighted by Gasteiger charge is -2.42. The minimum atomic E-state index is -4.55. The molecule has 2 aliphatic carbocycles. The molecule has 8 atom stereocenters. The number of likely N-dealkylation sites (tertiary alicyclic amines) is 1. The van der Waals surface area contributed by atoms with Crippen LogP contribution in [0.4, 0.5) is 13.2 Å². The lowest BCUT2D eigenvalue weighted by atomic mass is 9.75. The third-order valence-corrected chi connectivity index (χ3v) is 6.57. The third kappa shape index (κ3) is 4.41. The number of nitrogens with zero attached hydrogens (tertiary/aromatic N) is 1. The first-order chi connectivity index (χ1) is 12.6. The summed E-state index contributed by atoms with van der Waals surface area (Å²) in [5, 5.41) is 20.5. The fourth-order valence-corrected chi connectivity index (χ4v) is 5.03. The Kier molecular flexibility index (Phi) is 6.05.